The summed E-state index contributed by atoms with van der Waals surface area (Å²) >= 11 is 12.2. The van der Waals surface area contributed by atoms with Crippen LogP contribution in [-0.4, -0.2) is 30.0 Å². The molecule has 4 rings (SSSR count). The molecule has 0 saturated heterocycles. The predicted molar refractivity (Wildman–Crippen MR) is 113 cm³/mol. The molecular weight excluding hydrogens is 427 g/mol. The Morgan fingerprint density at radius 2 is 1.87 bits per heavy atom. The van der Waals surface area contributed by atoms with Crippen LogP contribution < -0.4 is 10.4 Å². The number of hydrogen-bond donors (Lipinski definition) is 0. The van der Waals surface area contributed by atoms with Crippen LogP contribution in [0.15, 0.2) is 53.3 Å². The lowest BCUT2D eigenvalue weighted by Gasteiger charge is -2.14. The smallest absolute Gasteiger partial charge is 0.368 e. The topological polar surface area (TPSA) is 87.7 Å². The quantitative estimate of drug-likeness (QED) is 0.468. The Morgan fingerprint density at radius 3 is 2.53 bits per heavy atom. The van der Waals surface area contributed by atoms with E-state index in [9.17, 15) is 4.79 Å². The molecule has 4 aromatic rings. The van der Waals surface area contributed by atoms with Crippen molar-refractivity contribution in [1.82, 2.24) is 30.0 Å². The van der Waals surface area contributed by atoms with E-state index >= 15 is 0 Å². The molecule has 2 aromatic carbocycles. The van der Waals surface area contributed by atoms with Crippen molar-refractivity contribution in [2.75, 3.05) is 0 Å². The molecule has 30 heavy (non-hydrogen) atoms. The summed E-state index contributed by atoms with van der Waals surface area (Å²) in [5.41, 5.74) is 3.30. The fourth-order valence-corrected chi connectivity index (χ4v) is 3.27. The minimum atomic E-state index is -0.372. The molecule has 2 aromatic heterocycles. The van der Waals surface area contributed by atoms with Crippen LogP contribution in [0.4, 0.5) is 0 Å². The Labute approximate surface area is 181 Å². The second-order valence-electron chi connectivity index (χ2n) is 6.54. The maximum atomic E-state index is 12.3. The van der Waals surface area contributed by atoms with Crippen LogP contribution >= 0.6 is 23.2 Å². The fraction of sp³-hybridized carbons (Fsp3) is 0.150. The number of rotatable bonds is 5. The van der Waals surface area contributed by atoms with E-state index in [4.69, 9.17) is 27.9 Å². The van der Waals surface area contributed by atoms with Crippen LogP contribution in [0.1, 0.15) is 11.1 Å². The fourth-order valence-electron chi connectivity index (χ4n) is 2.94. The average molecular weight is 443 g/mol. The molecule has 0 aliphatic carbocycles. The first-order valence-electron chi connectivity index (χ1n) is 8.94. The Balaban J connectivity index is 1.60. The summed E-state index contributed by atoms with van der Waals surface area (Å²) in [6.45, 7) is 2.09. The van der Waals surface area contributed by atoms with Crippen molar-refractivity contribution in [3.63, 3.8) is 0 Å². The van der Waals surface area contributed by atoms with E-state index in [0.29, 0.717) is 32.9 Å². The molecule has 0 radical (unpaired) electrons. The van der Waals surface area contributed by atoms with Gasteiger partial charge in [0.2, 0.25) is 0 Å². The minimum absolute atomic E-state index is 0.152. The van der Waals surface area contributed by atoms with E-state index in [-0.39, 0.29) is 12.3 Å². The molecule has 2 heterocycles. The second-order valence-corrected chi connectivity index (χ2v) is 7.34. The lowest BCUT2D eigenvalue weighted by atomic mass is 10.1. The van der Waals surface area contributed by atoms with Gasteiger partial charge in [0.15, 0.2) is 5.15 Å². The molecule has 0 amide bonds. The van der Waals surface area contributed by atoms with Gasteiger partial charge in [0.05, 0.1) is 11.4 Å². The van der Waals surface area contributed by atoms with Gasteiger partial charge in [-0.2, -0.15) is 9.36 Å². The molecule has 0 saturated carbocycles. The monoisotopic (exact) mass is 442 g/mol. The molecule has 0 fully saturated rings. The maximum Gasteiger partial charge on any atom is 0.368 e. The number of nitrogens with zero attached hydrogens (tertiary/aromatic N) is 6. The van der Waals surface area contributed by atoms with Gasteiger partial charge in [-0.3, -0.25) is 0 Å². The highest BCUT2D eigenvalue weighted by molar-refractivity contribution is 6.31. The normalized spacial score (nSPS) is 10.9. The molecule has 0 aliphatic rings. The zero-order valence-electron chi connectivity index (χ0n) is 16.1. The first-order valence-corrected chi connectivity index (χ1v) is 9.69. The highest BCUT2D eigenvalue weighted by Crippen LogP contribution is 2.28. The number of hydrogen-bond acceptors (Lipinski definition) is 6. The molecule has 0 unspecified atom stereocenters. The Hall–Kier alpha value is -3.23. The van der Waals surface area contributed by atoms with E-state index in [1.807, 2.05) is 25.1 Å². The molecular formula is C20H16Cl2N6O2. The molecule has 0 atom stereocenters. The molecule has 0 aliphatic heterocycles. The van der Waals surface area contributed by atoms with Gasteiger partial charge < -0.3 is 4.74 Å². The summed E-state index contributed by atoms with van der Waals surface area (Å²) in [4.78, 5) is 12.3. The zero-order valence-corrected chi connectivity index (χ0v) is 17.6. The Kier molecular flexibility index (Phi) is 5.52. The lowest BCUT2D eigenvalue weighted by Crippen LogP contribution is -2.23. The molecule has 8 nitrogen and oxygen atoms in total. The lowest BCUT2D eigenvalue weighted by molar-refractivity contribution is 0.303. The summed E-state index contributed by atoms with van der Waals surface area (Å²) in [5, 5.41) is 16.4. The summed E-state index contributed by atoms with van der Waals surface area (Å²) in [6, 6.07) is 14.4. The zero-order chi connectivity index (χ0) is 21.3. The maximum absolute atomic E-state index is 12.3. The van der Waals surface area contributed by atoms with Gasteiger partial charge in [-0.15, -0.1) is 10.2 Å². The number of aryl methyl sites for hydroxylation is 2. The summed E-state index contributed by atoms with van der Waals surface area (Å²) in [6.07, 6.45) is 0. The van der Waals surface area contributed by atoms with E-state index < -0.39 is 0 Å². The van der Waals surface area contributed by atoms with Gasteiger partial charge in [0, 0.05) is 23.2 Å². The van der Waals surface area contributed by atoms with Gasteiger partial charge in [-0.25, -0.2) is 4.79 Å². The van der Waals surface area contributed by atoms with Crippen LogP contribution in [0, 0.1) is 6.92 Å². The minimum Gasteiger partial charge on any atom is -0.488 e. The van der Waals surface area contributed by atoms with Gasteiger partial charge >= 0.3 is 5.69 Å². The highest BCUT2D eigenvalue weighted by atomic mass is 35.5. The van der Waals surface area contributed by atoms with Crippen molar-refractivity contribution in [3.8, 4) is 22.7 Å². The number of ether oxygens (including phenoxy) is 1. The van der Waals surface area contributed by atoms with Crippen molar-refractivity contribution in [2.24, 2.45) is 7.05 Å². The Bertz CT molecular complexity index is 1270. The highest BCUT2D eigenvalue weighted by Gasteiger charge is 2.15. The summed E-state index contributed by atoms with van der Waals surface area (Å²) in [7, 11) is 1.53. The van der Waals surface area contributed by atoms with Crippen LogP contribution in [0.3, 0.4) is 0 Å². The van der Waals surface area contributed by atoms with Crippen LogP contribution in [0.5, 0.6) is 5.75 Å². The second kappa shape index (κ2) is 8.25. The number of benzene rings is 2. The third kappa shape index (κ3) is 3.92. The average Bonchev–Trinajstić information content (AvgIpc) is 3.07. The number of halogens is 2. The van der Waals surface area contributed by atoms with Crippen LogP contribution in [0.2, 0.25) is 10.2 Å². The van der Waals surface area contributed by atoms with Crippen molar-refractivity contribution >= 4 is 23.2 Å². The molecule has 0 spiro atoms. The summed E-state index contributed by atoms with van der Waals surface area (Å²) in [5.74, 6) is 0.679. The summed E-state index contributed by atoms with van der Waals surface area (Å²) < 4.78 is 8.35. The third-order valence-corrected chi connectivity index (χ3v) is 5.07. The largest absolute Gasteiger partial charge is 0.488 e. The number of aromatic nitrogens is 6. The van der Waals surface area contributed by atoms with Crippen molar-refractivity contribution < 1.29 is 4.74 Å². The first kappa shape index (κ1) is 20.1. The third-order valence-electron chi connectivity index (χ3n) is 4.52. The van der Waals surface area contributed by atoms with Crippen molar-refractivity contribution in [1.29, 1.82) is 0 Å². The molecule has 10 heteroatoms. The van der Waals surface area contributed by atoms with E-state index in [1.54, 1.807) is 30.3 Å². The van der Waals surface area contributed by atoms with Crippen LogP contribution in [0.25, 0.3) is 16.9 Å². The number of tetrazole rings is 1. The molecule has 152 valence electrons. The van der Waals surface area contributed by atoms with Gasteiger partial charge in [0.25, 0.3) is 0 Å². The SMILES string of the molecule is Cc1cc(-c2ccc(Cl)nn2)ccc1OCc1c(Cl)cccc1-n1nnn(C)c1=O. The standard InChI is InChI=1S/C20H16Cl2N6O2/c1-12-10-13(16-7-9-19(22)24-23-16)6-8-18(12)30-11-14-15(21)4-3-5-17(14)28-20(29)27(2)25-26-28/h3-10H,11H2,1-2H3. The molecule has 0 bridgehead atoms. The van der Waals surface area contributed by atoms with Gasteiger partial charge in [-0.05, 0) is 65.4 Å². The van der Waals surface area contributed by atoms with Gasteiger partial charge in [-0.1, -0.05) is 29.3 Å². The van der Waals surface area contributed by atoms with Crippen LogP contribution in [-0.2, 0) is 13.7 Å². The predicted octanol–water partition coefficient (Wildman–Crippen LogP) is 3.62. The first-order chi connectivity index (χ1) is 14.4. The van der Waals surface area contributed by atoms with E-state index in [1.165, 1.54) is 11.7 Å². The van der Waals surface area contributed by atoms with Crippen molar-refractivity contribution in [3.05, 3.63) is 80.3 Å². The van der Waals surface area contributed by atoms with Gasteiger partial charge in [0.1, 0.15) is 12.4 Å². The van der Waals surface area contributed by atoms with E-state index in [0.717, 1.165) is 15.8 Å². The Morgan fingerprint density at radius 1 is 1.03 bits per heavy atom. The van der Waals surface area contributed by atoms with E-state index in [2.05, 4.69) is 20.6 Å². The van der Waals surface area contributed by atoms with Crippen molar-refractivity contribution in [2.45, 2.75) is 13.5 Å². The molecule has 0 N–H and O–H groups in total.